The minimum absolute atomic E-state index is 0.0297. The Hall–Kier alpha value is -3.55. The van der Waals surface area contributed by atoms with E-state index >= 15 is 0 Å². The van der Waals surface area contributed by atoms with Gasteiger partial charge in [0.05, 0.1) is 39.6 Å². The topological polar surface area (TPSA) is 78.0 Å². The number of aryl methyl sites for hydroxylation is 2. The van der Waals surface area contributed by atoms with Gasteiger partial charge in [-0.25, -0.2) is 0 Å². The fourth-order valence-electron chi connectivity index (χ4n) is 7.19. The third-order valence-electron chi connectivity index (χ3n) is 8.80. The second-order valence-corrected chi connectivity index (χ2v) is 11.2. The van der Waals surface area contributed by atoms with Crippen molar-refractivity contribution >= 4 is 21.9 Å². The quantitative estimate of drug-likeness (QED) is 0.353. The average Bonchev–Trinajstić information content (AvgIpc) is 3.54. The van der Waals surface area contributed by atoms with Crippen molar-refractivity contribution in [2.45, 2.75) is 50.7 Å². The summed E-state index contributed by atoms with van der Waals surface area (Å²) < 4.78 is 10.2. The summed E-state index contributed by atoms with van der Waals surface area (Å²) in [6, 6.07) is 19.5. The summed E-state index contributed by atoms with van der Waals surface area (Å²) in [5.41, 5.74) is 7.75. The highest BCUT2D eigenvalue weighted by atomic mass is 16.5. The molecule has 0 radical (unpaired) electrons. The fraction of sp³-hybridized carbons (Fsp3) is 0.387. The predicted octanol–water partition coefficient (Wildman–Crippen LogP) is 5.39. The summed E-state index contributed by atoms with van der Waals surface area (Å²) in [5, 5.41) is 21.6. The van der Waals surface area contributed by atoms with Crippen LogP contribution in [0.15, 0.2) is 60.8 Å². The molecule has 3 atom stereocenters. The van der Waals surface area contributed by atoms with Crippen LogP contribution in [-0.2, 0) is 17.4 Å². The number of fused-ring (bicyclic) bond motifs is 5. The Bertz CT molecular complexity index is 1630. The van der Waals surface area contributed by atoms with Gasteiger partial charge in [-0.05, 0) is 67.9 Å². The van der Waals surface area contributed by atoms with Crippen LogP contribution in [0, 0.1) is 12.8 Å². The third-order valence-corrected chi connectivity index (χ3v) is 8.80. The van der Waals surface area contributed by atoms with E-state index in [1.54, 1.807) is 0 Å². The molecule has 0 spiro atoms. The van der Waals surface area contributed by atoms with Crippen molar-refractivity contribution in [2.75, 3.05) is 13.2 Å². The molecule has 1 saturated heterocycles. The summed E-state index contributed by atoms with van der Waals surface area (Å²) in [5.74, 6) is 0.388. The summed E-state index contributed by atoms with van der Waals surface area (Å²) >= 11 is 0. The molecule has 2 aliphatic rings. The summed E-state index contributed by atoms with van der Waals surface area (Å²) in [7, 11) is 1.95. The second kappa shape index (κ2) is 8.75. The molecule has 1 fully saturated rings. The molecule has 1 N–H and O–H groups in total. The van der Waals surface area contributed by atoms with Crippen LogP contribution in [0.4, 0.5) is 0 Å². The van der Waals surface area contributed by atoms with E-state index in [1.807, 2.05) is 37.8 Å². The lowest BCUT2D eigenvalue weighted by atomic mass is 9.86. The van der Waals surface area contributed by atoms with Gasteiger partial charge in [0.25, 0.3) is 0 Å². The highest BCUT2D eigenvalue weighted by Crippen LogP contribution is 2.53. The normalized spacial score (nSPS) is 22.8. The fourth-order valence-corrected chi connectivity index (χ4v) is 7.19. The van der Waals surface area contributed by atoms with Crippen molar-refractivity contribution in [1.82, 2.24) is 24.5 Å². The van der Waals surface area contributed by atoms with E-state index < -0.39 is 5.60 Å². The summed E-state index contributed by atoms with van der Waals surface area (Å²) in [4.78, 5) is 4.90. The number of nitrogens with zero attached hydrogens (tertiary/aromatic N) is 5. The molecule has 3 unspecified atom stereocenters. The summed E-state index contributed by atoms with van der Waals surface area (Å²) in [6.07, 6.45) is 4.48. The van der Waals surface area contributed by atoms with E-state index in [0.29, 0.717) is 12.3 Å². The van der Waals surface area contributed by atoms with Crippen molar-refractivity contribution in [3.8, 4) is 0 Å². The Morgan fingerprint density at radius 2 is 1.84 bits per heavy atom. The van der Waals surface area contributed by atoms with E-state index in [2.05, 4.69) is 63.4 Å². The van der Waals surface area contributed by atoms with E-state index in [0.717, 1.165) is 59.4 Å². The van der Waals surface area contributed by atoms with Gasteiger partial charge < -0.3 is 14.4 Å². The van der Waals surface area contributed by atoms with Gasteiger partial charge in [0, 0.05) is 37.8 Å². The SMILES string of the molecule is Cc1nnn(C)c1C1CC(C)(O)c2ccc3c4ncccc4n(C(c4ccccc4)C4CCOCC4)c3c21. The maximum atomic E-state index is 11.7. The molecule has 0 bridgehead atoms. The highest BCUT2D eigenvalue weighted by Gasteiger charge is 2.44. The molecule has 1 aliphatic carbocycles. The molecule has 0 saturated carbocycles. The number of hydrogen-bond donors (Lipinski definition) is 1. The van der Waals surface area contributed by atoms with Crippen LogP contribution in [0.5, 0.6) is 0 Å². The average molecular weight is 508 g/mol. The first kappa shape index (κ1) is 23.6. The lowest BCUT2D eigenvalue weighted by Gasteiger charge is -2.33. The largest absolute Gasteiger partial charge is 0.385 e. The Labute approximate surface area is 222 Å². The number of aliphatic hydroxyl groups is 1. The third kappa shape index (κ3) is 3.45. The Morgan fingerprint density at radius 1 is 1.05 bits per heavy atom. The molecule has 7 nitrogen and oxygen atoms in total. The first-order chi connectivity index (χ1) is 18.5. The first-order valence-electron chi connectivity index (χ1n) is 13.6. The smallest absolute Gasteiger partial charge is 0.0960 e. The van der Waals surface area contributed by atoms with Gasteiger partial charge >= 0.3 is 0 Å². The van der Waals surface area contributed by atoms with Gasteiger partial charge in [0.15, 0.2) is 0 Å². The van der Waals surface area contributed by atoms with E-state index in [1.165, 1.54) is 16.6 Å². The van der Waals surface area contributed by atoms with Crippen LogP contribution >= 0.6 is 0 Å². The van der Waals surface area contributed by atoms with Crippen molar-refractivity contribution in [3.63, 3.8) is 0 Å². The van der Waals surface area contributed by atoms with Gasteiger partial charge in [-0.15, -0.1) is 5.10 Å². The molecule has 7 heteroatoms. The minimum atomic E-state index is -0.958. The highest BCUT2D eigenvalue weighted by molar-refractivity contribution is 6.08. The zero-order valence-electron chi connectivity index (χ0n) is 22.1. The van der Waals surface area contributed by atoms with Crippen molar-refractivity contribution in [2.24, 2.45) is 13.0 Å². The van der Waals surface area contributed by atoms with Gasteiger partial charge in [-0.3, -0.25) is 9.67 Å². The molecule has 0 amide bonds. The Morgan fingerprint density at radius 3 is 2.58 bits per heavy atom. The monoisotopic (exact) mass is 507 g/mol. The second-order valence-electron chi connectivity index (χ2n) is 11.2. The predicted molar refractivity (Wildman–Crippen MR) is 147 cm³/mol. The van der Waals surface area contributed by atoms with Gasteiger partial charge in [-0.1, -0.05) is 47.7 Å². The lowest BCUT2D eigenvalue weighted by molar-refractivity contribution is 0.0552. The summed E-state index contributed by atoms with van der Waals surface area (Å²) in [6.45, 7) is 5.51. The maximum Gasteiger partial charge on any atom is 0.0960 e. The van der Waals surface area contributed by atoms with Gasteiger partial charge in [0.2, 0.25) is 0 Å². The number of benzene rings is 2. The molecule has 5 aromatic rings. The minimum Gasteiger partial charge on any atom is -0.385 e. The van der Waals surface area contributed by atoms with Crippen LogP contribution in [0.3, 0.4) is 0 Å². The van der Waals surface area contributed by atoms with Crippen LogP contribution in [-0.4, -0.2) is 42.9 Å². The van der Waals surface area contributed by atoms with E-state index in [-0.39, 0.29) is 12.0 Å². The van der Waals surface area contributed by atoms with Crippen molar-refractivity contribution < 1.29 is 9.84 Å². The van der Waals surface area contributed by atoms with Crippen molar-refractivity contribution in [1.29, 1.82) is 0 Å². The number of aromatic nitrogens is 5. The molecular formula is C31H33N5O2. The van der Waals surface area contributed by atoms with Crippen LogP contribution in [0.25, 0.3) is 21.9 Å². The standard InChI is InChI=1S/C31H33N5O2/c1-19-28(35(3)34-33-19)23-18-31(2,37)24-12-11-22-27-25(10-7-15-32-27)36(30(22)26(23)24)29(20-8-5-4-6-9-20)21-13-16-38-17-14-21/h4-12,15,21,23,29,37H,13-14,16-18H2,1-3H3. The number of pyridine rings is 1. The molecule has 1 aliphatic heterocycles. The van der Waals surface area contributed by atoms with Crippen LogP contribution < -0.4 is 0 Å². The zero-order chi connectivity index (χ0) is 26.0. The molecule has 3 aromatic heterocycles. The number of rotatable bonds is 4. The van der Waals surface area contributed by atoms with Crippen LogP contribution in [0.2, 0.25) is 0 Å². The number of hydrogen-bond acceptors (Lipinski definition) is 5. The Balaban J connectivity index is 1.60. The lowest BCUT2D eigenvalue weighted by Crippen LogP contribution is -2.27. The zero-order valence-corrected chi connectivity index (χ0v) is 22.1. The molecule has 4 heterocycles. The van der Waals surface area contributed by atoms with E-state index in [9.17, 15) is 5.11 Å². The maximum absolute atomic E-state index is 11.7. The van der Waals surface area contributed by atoms with E-state index in [4.69, 9.17) is 9.72 Å². The molecular weight excluding hydrogens is 474 g/mol. The van der Waals surface area contributed by atoms with Gasteiger partial charge in [0.1, 0.15) is 0 Å². The molecule has 38 heavy (non-hydrogen) atoms. The number of ether oxygens (including phenoxy) is 1. The van der Waals surface area contributed by atoms with Crippen molar-refractivity contribution in [3.05, 3.63) is 88.9 Å². The molecule has 2 aromatic carbocycles. The Kier molecular flexibility index (Phi) is 5.42. The first-order valence-corrected chi connectivity index (χ1v) is 13.6. The van der Waals surface area contributed by atoms with Gasteiger partial charge in [-0.2, -0.15) is 0 Å². The molecule has 7 rings (SSSR count). The van der Waals surface area contributed by atoms with Crippen LogP contribution in [0.1, 0.15) is 66.2 Å². The molecule has 194 valence electrons.